The summed E-state index contributed by atoms with van der Waals surface area (Å²) in [4.78, 5) is 21.2. The first kappa shape index (κ1) is 23.3. The lowest BCUT2D eigenvalue weighted by atomic mass is 10.1. The number of nitrogens with zero attached hydrogens (tertiary/aromatic N) is 4. The molecule has 1 N–H and O–H groups in total. The van der Waals surface area contributed by atoms with Crippen molar-refractivity contribution in [1.29, 1.82) is 0 Å². The zero-order valence-corrected chi connectivity index (χ0v) is 20.5. The van der Waals surface area contributed by atoms with E-state index in [0.29, 0.717) is 36.3 Å². The van der Waals surface area contributed by atoms with Gasteiger partial charge in [0.15, 0.2) is 5.65 Å². The van der Waals surface area contributed by atoms with E-state index in [1.165, 1.54) is 0 Å². The minimum Gasteiger partial charge on any atom is -0.477 e. The fourth-order valence-electron chi connectivity index (χ4n) is 3.42. The average molecular weight is 472 g/mol. The van der Waals surface area contributed by atoms with Crippen LogP contribution in [0.1, 0.15) is 13.3 Å². The highest BCUT2D eigenvalue weighted by Crippen LogP contribution is 2.36. The van der Waals surface area contributed by atoms with E-state index in [0.717, 1.165) is 17.0 Å². The van der Waals surface area contributed by atoms with Crippen molar-refractivity contribution >= 4 is 30.8 Å². The molecule has 2 unspecified atom stereocenters. The summed E-state index contributed by atoms with van der Waals surface area (Å²) < 4.78 is 26.6. The van der Waals surface area contributed by atoms with Crippen LogP contribution in [0.15, 0.2) is 30.5 Å². The lowest BCUT2D eigenvalue weighted by molar-refractivity contribution is -0.117. The Kier molecular flexibility index (Phi) is 6.75. The topological polar surface area (TPSA) is 91.2 Å². The number of hydrogen-bond acceptors (Lipinski definition) is 6. The van der Waals surface area contributed by atoms with Crippen LogP contribution in [0.25, 0.3) is 22.3 Å². The van der Waals surface area contributed by atoms with Crippen molar-refractivity contribution < 1.29 is 18.7 Å². The van der Waals surface area contributed by atoms with Crippen LogP contribution in [0.4, 0.5) is 10.2 Å². The molecule has 0 bridgehead atoms. The molecule has 1 amide bonds. The van der Waals surface area contributed by atoms with E-state index < -0.39 is 20.2 Å². The third kappa shape index (κ3) is 5.56. The summed E-state index contributed by atoms with van der Waals surface area (Å²) in [7, 11) is -1.22. The average Bonchev–Trinajstić information content (AvgIpc) is 3.40. The highest BCUT2D eigenvalue weighted by Gasteiger charge is 2.43. The molecule has 10 heteroatoms. The number of aromatic nitrogens is 4. The molecule has 1 aliphatic rings. The Balaban J connectivity index is 1.67. The Morgan fingerprint density at radius 1 is 1.30 bits per heavy atom. The van der Waals surface area contributed by atoms with E-state index in [9.17, 15) is 9.18 Å². The van der Waals surface area contributed by atoms with Crippen LogP contribution in [-0.2, 0) is 16.3 Å². The molecule has 1 saturated carbocycles. The zero-order chi connectivity index (χ0) is 23.6. The number of alkyl halides is 1. The second kappa shape index (κ2) is 9.56. The zero-order valence-electron chi connectivity index (χ0n) is 19.5. The monoisotopic (exact) mass is 471 g/mol. The van der Waals surface area contributed by atoms with Gasteiger partial charge in [-0.2, -0.15) is 5.10 Å². The largest absolute Gasteiger partial charge is 0.477 e. The van der Waals surface area contributed by atoms with Crippen LogP contribution in [0, 0.1) is 5.92 Å². The number of pyridine rings is 2. The number of nitrogens with one attached hydrogen (secondary N) is 1. The van der Waals surface area contributed by atoms with E-state index in [2.05, 4.69) is 34.9 Å². The number of carbonyl (C=O) groups excluding carboxylic acids is 1. The Labute approximate surface area is 193 Å². The summed E-state index contributed by atoms with van der Waals surface area (Å²) in [6, 6.07) is 8.32. The van der Waals surface area contributed by atoms with E-state index in [1.54, 1.807) is 16.9 Å². The quantitative estimate of drug-likeness (QED) is 0.346. The van der Waals surface area contributed by atoms with Crippen LogP contribution in [0.5, 0.6) is 5.88 Å². The first-order valence-electron chi connectivity index (χ1n) is 11.3. The minimum atomic E-state index is -1.22. The molecule has 1 fully saturated rings. The molecule has 0 saturated heterocycles. The van der Waals surface area contributed by atoms with Crippen molar-refractivity contribution in [3.63, 3.8) is 0 Å². The molecule has 1 aliphatic carbocycles. The van der Waals surface area contributed by atoms with Gasteiger partial charge in [-0.05, 0) is 43.7 Å². The van der Waals surface area contributed by atoms with Crippen LogP contribution in [0.2, 0.25) is 25.7 Å². The summed E-state index contributed by atoms with van der Waals surface area (Å²) in [5, 5.41) is 8.27. The summed E-state index contributed by atoms with van der Waals surface area (Å²) >= 11 is 0. The van der Waals surface area contributed by atoms with Gasteiger partial charge in [-0.25, -0.2) is 19.0 Å². The second-order valence-corrected chi connectivity index (χ2v) is 15.0. The maximum absolute atomic E-state index is 13.3. The number of hydrogen-bond donors (Lipinski definition) is 1. The van der Waals surface area contributed by atoms with Crippen LogP contribution in [-0.4, -0.2) is 53.1 Å². The fourth-order valence-corrected chi connectivity index (χ4v) is 4.17. The molecular formula is C23H30FN5O3Si. The molecule has 3 aromatic rings. The van der Waals surface area contributed by atoms with Gasteiger partial charge in [-0.1, -0.05) is 19.6 Å². The Morgan fingerprint density at radius 2 is 2.09 bits per heavy atom. The molecule has 3 aromatic heterocycles. The van der Waals surface area contributed by atoms with Crippen molar-refractivity contribution in [3.8, 4) is 17.1 Å². The second-order valence-electron chi connectivity index (χ2n) is 9.40. The SMILES string of the molecule is CCOc1ncccc1-c1nn(COCC[Si](C)(C)C)c2nc(NC(=O)C3CC3F)ccc12. The Bertz CT molecular complexity index is 1150. The van der Waals surface area contributed by atoms with Gasteiger partial charge < -0.3 is 14.8 Å². The first-order valence-corrected chi connectivity index (χ1v) is 15.0. The van der Waals surface area contributed by atoms with Gasteiger partial charge >= 0.3 is 0 Å². The smallest absolute Gasteiger partial charge is 0.231 e. The standard InChI is InChI=1S/C23H30FN5O3Si/c1-5-32-23-16(7-6-10-25-23)20-15-8-9-19(27-22(30)17-13-18(17)24)26-21(15)29(28-20)14-31-11-12-33(2,3)4/h6-10,17-18H,5,11-14H2,1-4H3,(H,26,27,30). The molecule has 176 valence electrons. The number of carbonyl (C=O) groups is 1. The van der Waals surface area contributed by atoms with Crippen molar-refractivity contribution in [2.24, 2.45) is 5.92 Å². The predicted molar refractivity (Wildman–Crippen MR) is 128 cm³/mol. The van der Waals surface area contributed by atoms with Gasteiger partial charge in [-0.15, -0.1) is 0 Å². The molecule has 2 atom stereocenters. The first-order chi connectivity index (χ1) is 15.8. The maximum atomic E-state index is 13.3. The number of anilines is 1. The molecule has 0 spiro atoms. The van der Waals surface area contributed by atoms with Gasteiger partial charge in [0.05, 0.1) is 18.1 Å². The van der Waals surface area contributed by atoms with Gasteiger partial charge in [0.1, 0.15) is 24.4 Å². The summed E-state index contributed by atoms with van der Waals surface area (Å²) in [6.45, 7) is 10.1. The molecule has 0 aromatic carbocycles. The lowest BCUT2D eigenvalue weighted by Crippen LogP contribution is -2.22. The number of ether oxygens (including phenoxy) is 2. The highest BCUT2D eigenvalue weighted by molar-refractivity contribution is 6.76. The summed E-state index contributed by atoms with van der Waals surface area (Å²) in [6.07, 6.45) is 0.880. The molecule has 4 rings (SSSR count). The number of amides is 1. The number of halogens is 1. The van der Waals surface area contributed by atoms with Gasteiger partial charge in [-0.3, -0.25) is 4.79 Å². The molecular weight excluding hydrogens is 441 g/mol. The maximum Gasteiger partial charge on any atom is 0.231 e. The van der Waals surface area contributed by atoms with Crippen molar-refractivity contribution in [3.05, 3.63) is 30.5 Å². The van der Waals surface area contributed by atoms with Crippen LogP contribution in [0.3, 0.4) is 0 Å². The molecule has 33 heavy (non-hydrogen) atoms. The van der Waals surface area contributed by atoms with E-state index >= 15 is 0 Å². The molecule has 0 aliphatic heterocycles. The minimum absolute atomic E-state index is 0.227. The number of fused-ring (bicyclic) bond motifs is 1. The predicted octanol–water partition coefficient (Wildman–Crippen LogP) is 4.50. The van der Waals surface area contributed by atoms with E-state index in [-0.39, 0.29) is 19.1 Å². The fraction of sp³-hybridized carbons (Fsp3) is 0.478. The van der Waals surface area contributed by atoms with Crippen LogP contribution >= 0.6 is 0 Å². The third-order valence-electron chi connectivity index (χ3n) is 5.41. The van der Waals surface area contributed by atoms with Gasteiger partial charge in [0.25, 0.3) is 0 Å². The number of rotatable bonds is 10. The molecule has 8 nitrogen and oxygen atoms in total. The highest BCUT2D eigenvalue weighted by atomic mass is 28.3. The van der Waals surface area contributed by atoms with Crippen molar-refractivity contribution in [2.75, 3.05) is 18.5 Å². The van der Waals surface area contributed by atoms with Gasteiger partial charge in [0.2, 0.25) is 11.8 Å². The Hall–Kier alpha value is -2.85. The molecule has 3 heterocycles. The van der Waals surface area contributed by atoms with Gasteiger partial charge in [0, 0.05) is 26.3 Å². The third-order valence-corrected chi connectivity index (χ3v) is 7.12. The summed E-state index contributed by atoms with van der Waals surface area (Å²) in [5.74, 6) is -0.0844. The Morgan fingerprint density at radius 3 is 2.79 bits per heavy atom. The van der Waals surface area contributed by atoms with Crippen LogP contribution < -0.4 is 10.1 Å². The van der Waals surface area contributed by atoms with E-state index in [1.807, 2.05) is 25.1 Å². The molecule has 0 radical (unpaired) electrons. The van der Waals surface area contributed by atoms with Crippen molar-refractivity contribution in [1.82, 2.24) is 19.7 Å². The van der Waals surface area contributed by atoms with Crippen molar-refractivity contribution in [2.45, 2.75) is 51.9 Å². The normalized spacial score (nSPS) is 17.8. The van der Waals surface area contributed by atoms with E-state index in [4.69, 9.17) is 14.6 Å². The summed E-state index contributed by atoms with van der Waals surface area (Å²) in [5.41, 5.74) is 1.99. The lowest BCUT2D eigenvalue weighted by Gasteiger charge is -2.15.